The van der Waals surface area contributed by atoms with Crippen LogP contribution in [-0.4, -0.2) is 55.1 Å². The molecule has 0 aliphatic carbocycles. The van der Waals surface area contributed by atoms with Gasteiger partial charge in [-0.2, -0.15) is 0 Å². The molecule has 1 aromatic rings. The number of rotatable bonds is 5. The molecule has 128 valence electrons. The van der Waals surface area contributed by atoms with Crippen molar-refractivity contribution in [2.75, 3.05) is 26.2 Å². The summed E-state index contributed by atoms with van der Waals surface area (Å²) in [6, 6.07) is 9.18. The van der Waals surface area contributed by atoms with Gasteiger partial charge in [-0.25, -0.2) is 0 Å². The SMILES string of the molecule is CC(=O)NCC1CN(C(=O)C(N)Cc2ccccc2)CCO1.Cl. The molecule has 2 atom stereocenters. The van der Waals surface area contributed by atoms with Gasteiger partial charge in [0.15, 0.2) is 0 Å². The summed E-state index contributed by atoms with van der Waals surface area (Å²) in [5, 5.41) is 2.71. The zero-order valence-corrected chi connectivity index (χ0v) is 14.1. The smallest absolute Gasteiger partial charge is 0.239 e. The molecule has 2 rings (SSSR count). The first-order chi connectivity index (χ1) is 10.6. The summed E-state index contributed by atoms with van der Waals surface area (Å²) in [6.45, 7) is 3.34. The highest BCUT2D eigenvalue weighted by atomic mass is 35.5. The van der Waals surface area contributed by atoms with Crippen molar-refractivity contribution in [3.8, 4) is 0 Å². The summed E-state index contributed by atoms with van der Waals surface area (Å²) in [4.78, 5) is 25.1. The zero-order chi connectivity index (χ0) is 15.9. The van der Waals surface area contributed by atoms with E-state index in [0.29, 0.717) is 32.7 Å². The minimum absolute atomic E-state index is 0. The van der Waals surface area contributed by atoms with E-state index in [0.717, 1.165) is 5.56 Å². The average molecular weight is 342 g/mol. The maximum atomic E-state index is 12.4. The molecular formula is C16H24ClN3O3. The molecule has 6 nitrogen and oxygen atoms in total. The van der Waals surface area contributed by atoms with Crippen LogP contribution in [0, 0.1) is 0 Å². The van der Waals surface area contributed by atoms with Gasteiger partial charge < -0.3 is 20.7 Å². The number of hydrogen-bond acceptors (Lipinski definition) is 4. The lowest BCUT2D eigenvalue weighted by Crippen LogP contribution is -2.54. The lowest BCUT2D eigenvalue weighted by atomic mass is 10.1. The van der Waals surface area contributed by atoms with Crippen LogP contribution in [0.5, 0.6) is 0 Å². The second kappa shape index (κ2) is 9.50. The third-order valence-corrected chi connectivity index (χ3v) is 3.64. The molecule has 1 aliphatic rings. The van der Waals surface area contributed by atoms with Gasteiger partial charge in [-0.15, -0.1) is 12.4 Å². The van der Waals surface area contributed by atoms with Gasteiger partial charge in [-0.05, 0) is 12.0 Å². The van der Waals surface area contributed by atoms with E-state index in [2.05, 4.69) is 5.32 Å². The Bertz CT molecular complexity index is 513. The second-order valence-electron chi connectivity index (χ2n) is 5.51. The zero-order valence-electron chi connectivity index (χ0n) is 13.2. The minimum atomic E-state index is -0.554. The van der Waals surface area contributed by atoms with Gasteiger partial charge in [-0.3, -0.25) is 9.59 Å². The molecule has 1 fully saturated rings. The van der Waals surface area contributed by atoms with Crippen LogP contribution in [-0.2, 0) is 20.7 Å². The molecule has 1 aromatic carbocycles. The number of ether oxygens (including phenoxy) is 1. The van der Waals surface area contributed by atoms with Crippen LogP contribution >= 0.6 is 12.4 Å². The molecular weight excluding hydrogens is 318 g/mol. The summed E-state index contributed by atoms with van der Waals surface area (Å²) in [5.41, 5.74) is 7.09. The first kappa shape index (κ1) is 19.4. The fourth-order valence-corrected chi connectivity index (χ4v) is 2.49. The van der Waals surface area contributed by atoms with Crippen LogP contribution < -0.4 is 11.1 Å². The third kappa shape index (κ3) is 6.17. The van der Waals surface area contributed by atoms with Crippen molar-refractivity contribution >= 4 is 24.2 Å². The standard InChI is InChI=1S/C16H23N3O3.ClH/c1-12(20)18-10-14-11-19(7-8-22-14)16(21)15(17)9-13-5-3-2-4-6-13;/h2-6,14-15H,7-11,17H2,1H3,(H,18,20);1H. The number of nitrogens with two attached hydrogens (primary N) is 1. The molecule has 7 heteroatoms. The van der Waals surface area contributed by atoms with Crippen LogP contribution in [0.25, 0.3) is 0 Å². The van der Waals surface area contributed by atoms with Gasteiger partial charge in [0.2, 0.25) is 11.8 Å². The molecule has 0 bridgehead atoms. The minimum Gasteiger partial charge on any atom is -0.373 e. The lowest BCUT2D eigenvalue weighted by Gasteiger charge is -2.34. The average Bonchev–Trinajstić information content (AvgIpc) is 2.53. The van der Waals surface area contributed by atoms with Crippen LogP contribution in [0.4, 0.5) is 0 Å². The van der Waals surface area contributed by atoms with Crippen molar-refractivity contribution in [3.63, 3.8) is 0 Å². The Morgan fingerprint density at radius 3 is 2.74 bits per heavy atom. The highest BCUT2D eigenvalue weighted by molar-refractivity contribution is 5.85. The van der Waals surface area contributed by atoms with Gasteiger partial charge in [0.25, 0.3) is 0 Å². The van der Waals surface area contributed by atoms with Crippen molar-refractivity contribution < 1.29 is 14.3 Å². The summed E-state index contributed by atoms with van der Waals surface area (Å²) in [5.74, 6) is -0.173. The normalized spacial score (nSPS) is 18.7. The quantitative estimate of drug-likeness (QED) is 0.809. The maximum Gasteiger partial charge on any atom is 0.239 e. The summed E-state index contributed by atoms with van der Waals surface area (Å²) < 4.78 is 5.56. The Balaban J connectivity index is 0.00000264. The van der Waals surface area contributed by atoms with Crippen LogP contribution in [0.1, 0.15) is 12.5 Å². The van der Waals surface area contributed by atoms with Crippen LogP contribution in [0.15, 0.2) is 30.3 Å². The largest absolute Gasteiger partial charge is 0.373 e. The van der Waals surface area contributed by atoms with E-state index in [4.69, 9.17) is 10.5 Å². The van der Waals surface area contributed by atoms with E-state index in [1.54, 1.807) is 4.90 Å². The van der Waals surface area contributed by atoms with Gasteiger partial charge in [0, 0.05) is 26.6 Å². The van der Waals surface area contributed by atoms with Gasteiger partial charge in [-0.1, -0.05) is 30.3 Å². The molecule has 3 N–H and O–H groups in total. The van der Waals surface area contributed by atoms with Crippen molar-refractivity contribution in [3.05, 3.63) is 35.9 Å². The summed E-state index contributed by atoms with van der Waals surface area (Å²) >= 11 is 0. The van der Waals surface area contributed by atoms with E-state index in [1.165, 1.54) is 6.92 Å². The van der Waals surface area contributed by atoms with Crippen molar-refractivity contribution in [2.45, 2.75) is 25.5 Å². The molecule has 2 unspecified atom stereocenters. The van der Waals surface area contributed by atoms with Crippen molar-refractivity contribution in [1.82, 2.24) is 10.2 Å². The van der Waals surface area contributed by atoms with Gasteiger partial charge in [0.1, 0.15) is 0 Å². The van der Waals surface area contributed by atoms with Crippen molar-refractivity contribution in [1.29, 1.82) is 0 Å². The number of carbonyl (C=O) groups is 2. The van der Waals surface area contributed by atoms with Crippen molar-refractivity contribution in [2.24, 2.45) is 5.73 Å². The van der Waals surface area contributed by atoms with Crippen LogP contribution in [0.3, 0.4) is 0 Å². The number of nitrogens with one attached hydrogen (secondary N) is 1. The number of halogens is 1. The first-order valence-corrected chi connectivity index (χ1v) is 7.50. The molecule has 1 saturated heterocycles. The second-order valence-corrected chi connectivity index (χ2v) is 5.51. The van der Waals surface area contributed by atoms with Gasteiger partial charge >= 0.3 is 0 Å². The van der Waals surface area contributed by atoms with Crippen LogP contribution in [0.2, 0.25) is 0 Å². The van der Waals surface area contributed by atoms with E-state index < -0.39 is 6.04 Å². The number of benzene rings is 1. The Labute approximate surface area is 142 Å². The fourth-order valence-electron chi connectivity index (χ4n) is 2.49. The summed E-state index contributed by atoms with van der Waals surface area (Å²) in [6.07, 6.45) is 0.346. The highest BCUT2D eigenvalue weighted by Crippen LogP contribution is 2.09. The molecule has 0 radical (unpaired) electrons. The molecule has 1 heterocycles. The summed E-state index contributed by atoms with van der Waals surface area (Å²) in [7, 11) is 0. The Kier molecular flexibility index (Phi) is 8.02. The number of morpholine rings is 1. The molecule has 23 heavy (non-hydrogen) atoms. The first-order valence-electron chi connectivity index (χ1n) is 7.50. The molecule has 0 saturated carbocycles. The van der Waals surface area contributed by atoms with E-state index in [1.807, 2.05) is 30.3 Å². The number of nitrogens with zero attached hydrogens (tertiary/aromatic N) is 1. The van der Waals surface area contributed by atoms with Gasteiger partial charge in [0.05, 0.1) is 18.8 Å². The number of amides is 2. The predicted molar refractivity (Wildman–Crippen MR) is 90.4 cm³/mol. The molecule has 2 amide bonds. The number of carbonyl (C=O) groups excluding carboxylic acids is 2. The topological polar surface area (TPSA) is 84.7 Å². The Hall–Kier alpha value is -1.63. The van der Waals surface area contributed by atoms with E-state index >= 15 is 0 Å². The van der Waals surface area contributed by atoms with E-state index in [9.17, 15) is 9.59 Å². The molecule has 0 spiro atoms. The molecule has 0 aromatic heterocycles. The Morgan fingerprint density at radius 2 is 2.09 bits per heavy atom. The maximum absolute atomic E-state index is 12.4. The molecule has 1 aliphatic heterocycles. The van der Waals surface area contributed by atoms with E-state index in [-0.39, 0.29) is 30.3 Å². The third-order valence-electron chi connectivity index (χ3n) is 3.64. The fraction of sp³-hybridized carbons (Fsp3) is 0.500. The highest BCUT2D eigenvalue weighted by Gasteiger charge is 2.27. The lowest BCUT2D eigenvalue weighted by molar-refractivity contribution is -0.140. The predicted octanol–water partition coefficient (Wildman–Crippen LogP) is 0.342. The number of hydrogen-bond donors (Lipinski definition) is 2. The monoisotopic (exact) mass is 341 g/mol. The Morgan fingerprint density at radius 1 is 1.39 bits per heavy atom.